The fraction of sp³-hybridized carbons (Fsp3) is 0.0714. The summed E-state index contributed by atoms with van der Waals surface area (Å²) < 4.78 is 1.59. The first-order valence-electron chi connectivity index (χ1n) is 5.79. The molecule has 19 heavy (non-hydrogen) atoms. The SMILES string of the molecule is Cc1cn(-c2cccc3ccncc23)nc1C(=O)O. The molecule has 0 amide bonds. The zero-order valence-corrected chi connectivity index (χ0v) is 10.2. The van der Waals surface area contributed by atoms with Crippen molar-refractivity contribution >= 4 is 16.7 Å². The molecule has 0 atom stereocenters. The van der Waals surface area contributed by atoms with Gasteiger partial charge in [0.15, 0.2) is 5.69 Å². The molecule has 94 valence electrons. The molecule has 3 rings (SSSR count). The normalized spacial score (nSPS) is 10.8. The number of benzene rings is 1. The molecule has 0 aliphatic heterocycles. The van der Waals surface area contributed by atoms with Gasteiger partial charge in [0, 0.05) is 29.5 Å². The molecule has 0 bridgehead atoms. The summed E-state index contributed by atoms with van der Waals surface area (Å²) in [6, 6.07) is 7.69. The molecule has 0 saturated heterocycles. The van der Waals surface area contributed by atoms with Crippen molar-refractivity contribution in [2.45, 2.75) is 6.92 Å². The van der Waals surface area contributed by atoms with Crippen LogP contribution in [-0.2, 0) is 0 Å². The van der Waals surface area contributed by atoms with Crippen LogP contribution in [0.15, 0.2) is 42.9 Å². The van der Waals surface area contributed by atoms with Crippen molar-refractivity contribution in [3.63, 3.8) is 0 Å². The van der Waals surface area contributed by atoms with E-state index < -0.39 is 5.97 Å². The van der Waals surface area contributed by atoms with Gasteiger partial charge in [0.2, 0.25) is 0 Å². The second-order valence-corrected chi connectivity index (χ2v) is 4.28. The highest BCUT2D eigenvalue weighted by atomic mass is 16.4. The molecule has 0 aliphatic carbocycles. The number of carboxylic acid groups (broad SMARTS) is 1. The van der Waals surface area contributed by atoms with Gasteiger partial charge in [-0.15, -0.1) is 0 Å². The van der Waals surface area contributed by atoms with Gasteiger partial charge >= 0.3 is 5.97 Å². The molecule has 2 heterocycles. The molecule has 5 heteroatoms. The van der Waals surface area contributed by atoms with E-state index in [0.717, 1.165) is 16.5 Å². The van der Waals surface area contributed by atoms with Gasteiger partial charge in [-0.2, -0.15) is 5.10 Å². The minimum atomic E-state index is -1.02. The van der Waals surface area contributed by atoms with Crippen molar-refractivity contribution in [2.75, 3.05) is 0 Å². The highest BCUT2D eigenvalue weighted by molar-refractivity contribution is 5.90. The molecule has 0 saturated carbocycles. The monoisotopic (exact) mass is 253 g/mol. The van der Waals surface area contributed by atoms with Crippen molar-refractivity contribution < 1.29 is 9.90 Å². The van der Waals surface area contributed by atoms with Crippen LogP contribution in [0.5, 0.6) is 0 Å². The number of hydrogen-bond acceptors (Lipinski definition) is 3. The minimum Gasteiger partial charge on any atom is -0.476 e. The van der Waals surface area contributed by atoms with E-state index in [1.807, 2.05) is 24.3 Å². The second-order valence-electron chi connectivity index (χ2n) is 4.28. The second kappa shape index (κ2) is 4.20. The van der Waals surface area contributed by atoms with Crippen molar-refractivity contribution in [3.8, 4) is 5.69 Å². The molecule has 2 aromatic heterocycles. The Morgan fingerprint density at radius 3 is 2.89 bits per heavy atom. The van der Waals surface area contributed by atoms with E-state index in [0.29, 0.717) is 5.56 Å². The maximum Gasteiger partial charge on any atom is 0.356 e. The molecular weight excluding hydrogens is 242 g/mol. The van der Waals surface area contributed by atoms with Crippen LogP contribution in [0.2, 0.25) is 0 Å². The van der Waals surface area contributed by atoms with Gasteiger partial charge in [0.05, 0.1) is 5.69 Å². The van der Waals surface area contributed by atoms with Crippen LogP contribution >= 0.6 is 0 Å². The fourth-order valence-electron chi connectivity index (χ4n) is 2.09. The largest absolute Gasteiger partial charge is 0.476 e. The quantitative estimate of drug-likeness (QED) is 0.761. The number of carboxylic acids is 1. The number of nitrogens with zero attached hydrogens (tertiary/aromatic N) is 3. The van der Waals surface area contributed by atoms with Crippen molar-refractivity contribution in [1.29, 1.82) is 0 Å². The van der Waals surface area contributed by atoms with Crippen LogP contribution in [0, 0.1) is 6.92 Å². The Morgan fingerprint density at radius 2 is 2.16 bits per heavy atom. The first kappa shape index (κ1) is 11.4. The van der Waals surface area contributed by atoms with Gasteiger partial charge in [-0.05, 0) is 24.4 Å². The number of aromatic nitrogens is 3. The average Bonchev–Trinajstić information content (AvgIpc) is 2.80. The number of fused-ring (bicyclic) bond motifs is 1. The Hall–Kier alpha value is -2.69. The van der Waals surface area contributed by atoms with Gasteiger partial charge in [-0.3, -0.25) is 4.98 Å². The molecule has 0 aliphatic rings. The van der Waals surface area contributed by atoms with Crippen LogP contribution in [0.4, 0.5) is 0 Å². The summed E-state index contributed by atoms with van der Waals surface area (Å²) in [5.74, 6) is -1.02. The van der Waals surface area contributed by atoms with Crippen LogP contribution in [0.25, 0.3) is 16.5 Å². The molecule has 3 aromatic rings. The fourth-order valence-corrected chi connectivity index (χ4v) is 2.09. The summed E-state index contributed by atoms with van der Waals surface area (Å²) >= 11 is 0. The van der Waals surface area contributed by atoms with Crippen LogP contribution < -0.4 is 0 Å². The molecule has 0 radical (unpaired) electrons. The number of hydrogen-bond donors (Lipinski definition) is 1. The van der Waals surface area contributed by atoms with E-state index in [2.05, 4.69) is 10.1 Å². The summed E-state index contributed by atoms with van der Waals surface area (Å²) in [7, 11) is 0. The first-order chi connectivity index (χ1) is 9.16. The van der Waals surface area contributed by atoms with Gasteiger partial charge in [0.1, 0.15) is 0 Å². The summed E-state index contributed by atoms with van der Waals surface area (Å²) in [6.45, 7) is 1.73. The Labute approximate surface area is 109 Å². The molecule has 1 aromatic carbocycles. The highest BCUT2D eigenvalue weighted by Crippen LogP contribution is 2.21. The van der Waals surface area contributed by atoms with E-state index in [4.69, 9.17) is 5.11 Å². The molecule has 0 fully saturated rings. The number of carbonyl (C=O) groups is 1. The van der Waals surface area contributed by atoms with Gasteiger partial charge < -0.3 is 5.11 Å². The number of aromatic carboxylic acids is 1. The number of aryl methyl sites for hydroxylation is 1. The van der Waals surface area contributed by atoms with Crippen LogP contribution in [0.1, 0.15) is 16.1 Å². The Bertz CT molecular complexity index is 772. The number of pyridine rings is 1. The van der Waals surface area contributed by atoms with Gasteiger partial charge in [-0.1, -0.05) is 12.1 Å². The molecule has 0 unspecified atom stereocenters. The predicted octanol–water partition coefficient (Wildman–Crippen LogP) is 2.43. The highest BCUT2D eigenvalue weighted by Gasteiger charge is 2.14. The molecular formula is C14H11N3O2. The summed E-state index contributed by atoms with van der Waals surface area (Å²) in [5.41, 5.74) is 1.52. The van der Waals surface area contributed by atoms with Crippen molar-refractivity contribution in [3.05, 3.63) is 54.1 Å². The Morgan fingerprint density at radius 1 is 1.32 bits per heavy atom. The summed E-state index contributed by atoms with van der Waals surface area (Å²) in [6.07, 6.45) is 5.19. The lowest BCUT2D eigenvalue weighted by atomic mass is 10.1. The van der Waals surface area contributed by atoms with Crippen molar-refractivity contribution in [2.24, 2.45) is 0 Å². The Balaban J connectivity index is 2.25. The third-order valence-electron chi connectivity index (χ3n) is 3.01. The molecule has 0 spiro atoms. The zero-order chi connectivity index (χ0) is 13.4. The van der Waals surface area contributed by atoms with Crippen LogP contribution in [-0.4, -0.2) is 25.8 Å². The molecule has 5 nitrogen and oxygen atoms in total. The lowest BCUT2D eigenvalue weighted by Gasteiger charge is -2.05. The maximum atomic E-state index is 11.0. The Kier molecular flexibility index (Phi) is 2.52. The van der Waals surface area contributed by atoms with E-state index in [1.54, 1.807) is 30.2 Å². The van der Waals surface area contributed by atoms with Crippen LogP contribution in [0.3, 0.4) is 0 Å². The number of rotatable bonds is 2. The average molecular weight is 253 g/mol. The van der Waals surface area contributed by atoms with Gasteiger partial charge in [-0.25, -0.2) is 9.48 Å². The van der Waals surface area contributed by atoms with E-state index in [1.165, 1.54) is 0 Å². The maximum absolute atomic E-state index is 11.0. The van der Waals surface area contributed by atoms with E-state index in [-0.39, 0.29) is 5.69 Å². The predicted molar refractivity (Wildman–Crippen MR) is 70.6 cm³/mol. The molecule has 1 N–H and O–H groups in total. The smallest absolute Gasteiger partial charge is 0.356 e. The first-order valence-corrected chi connectivity index (χ1v) is 5.79. The third kappa shape index (κ3) is 1.85. The van der Waals surface area contributed by atoms with E-state index >= 15 is 0 Å². The lowest BCUT2D eigenvalue weighted by molar-refractivity contribution is 0.0689. The zero-order valence-electron chi connectivity index (χ0n) is 10.2. The lowest BCUT2D eigenvalue weighted by Crippen LogP contribution is -2.02. The van der Waals surface area contributed by atoms with Crippen molar-refractivity contribution in [1.82, 2.24) is 14.8 Å². The topological polar surface area (TPSA) is 68.0 Å². The van der Waals surface area contributed by atoms with Gasteiger partial charge in [0.25, 0.3) is 0 Å². The third-order valence-corrected chi connectivity index (χ3v) is 3.01. The standard InChI is InChI=1S/C14H11N3O2/c1-9-8-17(16-13(9)14(18)19)12-4-2-3-10-5-6-15-7-11(10)12/h2-8H,1H3,(H,18,19). The summed E-state index contributed by atoms with van der Waals surface area (Å²) in [5, 5.41) is 15.1. The summed E-state index contributed by atoms with van der Waals surface area (Å²) in [4.78, 5) is 15.1. The van der Waals surface area contributed by atoms with E-state index in [9.17, 15) is 4.79 Å². The minimum absolute atomic E-state index is 0.0703.